The standard InChI is InChI=1S/C12H16BrFN2O2S/c13-11-7-10(14)1-2-12(11)19(17,18)16-6-4-9-3-5-15-8-9/h1-2,7,9,15-16H,3-6,8H2/t9-/m0/s1. The molecule has 1 fully saturated rings. The largest absolute Gasteiger partial charge is 0.316 e. The van der Waals surface area contributed by atoms with Crippen molar-refractivity contribution in [3.05, 3.63) is 28.5 Å². The Morgan fingerprint density at radius 2 is 2.26 bits per heavy atom. The molecule has 1 aromatic carbocycles. The zero-order valence-electron chi connectivity index (χ0n) is 10.3. The average Bonchev–Trinajstić information content (AvgIpc) is 2.81. The summed E-state index contributed by atoms with van der Waals surface area (Å²) in [7, 11) is -3.58. The van der Waals surface area contributed by atoms with Gasteiger partial charge in [-0.3, -0.25) is 0 Å². The summed E-state index contributed by atoms with van der Waals surface area (Å²) in [6.07, 6.45) is 1.90. The van der Waals surface area contributed by atoms with Gasteiger partial charge in [0, 0.05) is 11.0 Å². The number of benzene rings is 1. The molecule has 1 aromatic rings. The molecule has 0 saturated carbocycles. The maximum absolute atomic E-state index is 12.9. The van der Waals surface area contributed by atoms with Crippen molar-refractivity contribution in [3.8, 4) is 0 Å². The lowest BCUT2D eigenvalue weighted by Gasteiger charge is -2.11. The molecule has 0 amide bonds. The Balaban J connectivity index is 1.97. The highest BCUT2D eigenvalue weighted by Crippen LogP contribution is 2.22. The molecule has 2 rings (SSSR count). The van der Waals surface area contributed by atoms with Crippen LogP contribution in [-0.2, 0) is 10.0 Å². The lowest BCUT2D eigenvalue weighted by Crippen LogP contribution is -2.27. The van der Waals surface area contributed by atoms with Gasteiger partial charge in [-0.25, -0.2) is 17.5 Å². The van der Waals surface area contributed by atoms with Gasteiger partial charge in [-0.15, -0.1) is 0 Å². The molecule has 1 heterocycles. The van der Waals surface area contributed by atoms with E-state index in [4.69, 9.17) is 0 Å². The summed E-state index contributed by atoms with van der Waals surface area (Å²) < 4.78 is 39.9. The van der Waals surface area contributed by atoms with Gasteiger partial charge in [0.2, 0.25) is 10.0 Å². The minimum Gasteiger partial charge on any atom is -0.316 e. The highest BCUT2D eigenvalue weighted by atomic mass is 79.9. The van der Waals surface area contributed by atoms with Gasteiger partial charge in [0.15, 0.2) is 0 Å². The second-order valence-electron chi connectivity index (χ2n) is 4.62. The minimum absolute atomic E-state index is 0.0680. The molecule has 106 valence electrons. The molecule has 19 heavy (non-hydrogen) atoms. The molecule has 1 aliphatic heterocycles. The third-order valence-electron chi connectivity index (χ3n) is 3.19. The molecule has 1 atom stereocenters. The SMILES string of the molecule is O=S(=O)(NCC[C@@H]1CCNC1)c1ccc(F)cc1Br. The van der Waals surface area contributed by atoms with Gasteiger partial charge < -0.3 is 5.32 Å². The fourth-order valence-electron chi connectivity index (χ4n) is 2.13. The van der Waals surface area contributed by atoms with Crippen LogP contribution < -0.4 is 10.0 Å². The summed E-state index contributed by atoms with van der Waals surface area (Å²) in [5, 5.41) is 3.24. The van der Waals surface area contributed by atoms with E-state index in [0.29, 0.717) is 12.5 Å². The predicted octanol–water partition coefficient (Wildman–Crippen LogP) is 1.87. The summed E-state index contributed by atoms with van der Waals surface area (Å²) >= 11 is 3.07. The van der Waals surface area contributed by atoms with Crippen molar-refractivity contribution in [2.75, 3.05) is 19.6 Å². The maximum Gasteiger partial charge on any atom is 0.241 e. The maximum atomic E-state index is 12.9. The van der Waals surface area contributed by atoms with E-state index in [2.05, 4.69) is 26.0 Å². The lowest BCUT2D eigenvalue weighted by atomic mass is 10.1. The predicted molar refractivity (Wildman–Crippen MR) is 74.9 cm³/mol. The van der Waals surface area contributed by atoms with Crippen LogP contribution in [-0.4, -0.2) is 28.1 Å². The molecule has 0 unspecified atom stereocenters. The van der Waals surface area contributed by atoms with E-state index < -0.39 is 15.8 Å². The first-order valence-corrected chi connectivity index (χ1v) is 8.42. The highest BCUT2D eigenvalue weighted by Gasteiger charge is 2.19. The molecule has 4 nitrogen and oxygen atoms in total. The Morgan fingerprint density at radius 3 is 2.89 bits per heavy atom. The van der Waals surface area contributed by atoms with Crippen LogP contribution in [0.4, 0.5) is 4.39 Å². The van der Waals surface area contributed by atoms with Crippen LogP contribution in [0.3, 0.4) is 0 Å². The molecule has 0 aromatic heterocycles. The van der Waals surface area contributed by atoms with Crippen molar-refractivity contribution in [1.82, 2.24) is 10.0 Å². The van der Waals surface area contributed by atoms with E-state index in [1.54, 1.807) is 0 Å². The lowest BCUT2D eigenvalue weighted by molar-refractivity contribution is 0.519. The van der Waals surface area contributed by atoms with Gasteiger partial charge in [-0.2, -0.15) is 0 Å². The smallest absolute Gasteiger partial charge is 0.241 e. The number of hydrogen-bond acceptors (Lipinski definition) is 3. The highest BCUT2D eigenvalue weighted by molar-refractivity contribution is 9.10. The first-order valence-electron chi connectivity index (χ1n) is 6.14. The third-order valence-corrected chi connectivity index (χ3v) is 5.63. The zero-order chi connectivity index (χ0) is 13.9. The Labute approximate surface area is 121 Å². The Hall–Kier alpha value is -0.500. The molecule has 0 aliphatic carbocycles. The Morgan fingerprint density at radius 1 is 1.47 bits per heavy atom. The number of rotatable bonds is 5. The van der Waals surface area contributed by atoms with E-state index in [-0.39, 0.29) is 9.37 Å². The van der Waals surface area contributed by atoms with E-state index in [0.717, 1.165) is 38.1 Å². The first kappa shape index (κ1) is 14.9. The number of nitrogens with one attached hydrogen (secondary N) is 2. The minimum atomic E-state index is -3.58. The molecule has 0 spiro atoms. The van der Waals surface area contributed by atoms with Gasteiger partial charge in [0.05, 0.1) is 4.90 Å². The zero-order valence-corrected chi connectivity index (χ0v) is 12.7. The Kier molecular flexibility index (Phi) is 4.94. The van der Waals surface area contributed by atoms with E-state index >= 15 is 0 Å². The van der Waals surface area contributed by atoms with Crippen LogP contribution >= 0.6 is 15.9 Å². The summed E-state index contributed by atoms with van der Waals surface area (Å²) in [6.45, 7) is 2.35. The average molecular weight is 351 g/mol. The van der Waals surface area contributed by atoms with Gasteiger partial charge in [0.25, 0.3) is 0 Å². The van der Waals surface area contributed by atoms with Crippen LogP contribution in [0.5, 0.6) is 0 Å². The van der Waals surface area contributed by atoms with E-state index in [1.165, 1.54) is 6.07 Å². The van der Waals surface area contributed by atoms with Crippen LogP contribution in [0.2, 0.25) is 0 Å². The quantitative estimate of drug-likeness (QED) is 0.852. The first-order chi connectivity index (χ1) is 8.99. The van der Waals surface area contributed by atoms with Crippen molar-refractivity contribution in [2.45, 2.75) is 17.7 Å². The molecule has 0 radical (unpaired) electrons. The fourth-order valence-corrected chi connectivity index (χ4v) is 4.22. The van der Waals surface area contributed by atoms with Crippen molar-refractivity contribution < 1.29 is 12.8 Å². The summed E-state index contributed by atoms with van der Waals surface area (Å²) in [5.74, 6) is 0.0576. The Bertz CT molecular complexity index is 545. The van der Waals surface area contributed by atoms with Crippen molar-refractivity contribution in [1.29, 1.82) is 0 Å². The van der Waals surface area contributed by atoms with Gasteiger partial charge >= 0.3 is 0 Å². The molecule has 7 heteroatoms. The van der Waals surface area contributed by atoms with Crippen LogP contribution in [0, 0.1) is 11.7 Å². The van der Waals surface area contributed by atoms with Crippen LogP contribution in [0.15, 0.2) is 27.6 Å². The van der Waals surface area contributed by atoms with Crippen LogP contribution in [0.1, 0.15) is 12.8 Å². The summed E-state index contributed by atoms with van der Waals surface area (Å²) in [5.41, 5.74) is 0. The molecular formula is C12H16BrFN2O2S. The summed E-state index contributed by atoms with van der Waals surface area (Å²) in [4.78, 5) is 0.0680. The third kappa shape index (κ3) is 3.98. The number of sulfonamides is 1. The molecular weight excluding hydrogens is 335 g/mol. The van der Waals surface area contributed by atoms with Crippen molar-refractivity contribution in [2.24, 2.45) is 5.92 Å². The number of hydrogen-bond donors (Lipinski definition) is 2. The van der Waals surface area contributed by atoms with E-state index in [9.17, 15) is 12.8 Å². The molecule has 0 bridgehead atoms. The monoisotopic (exact) mass is 350 g/mol. The normalized spacial score (nSPS) is 19.8. The van der Waals surface area contributed by atoms with E-state index in [1.807, 2.05) is 0 Å². The molecule has 1 saturated heterocycles. The second-order valence-corrected chi connectivity index (χ2v) is 7.21. The van der Waals surface area contributed by atoms with Gasteiger partial charge in [0.1, 0.15) is 5.82 Å². The van der Waals surface area contributed by atoms with Crippen molar-refractivity contribution >= 4 is 26.0 Å². The van der Waals surface area contributed by atoms with Crippen LogP contribution in [0.25, 0.3) is 0 Å². The van der Waals surface area contributed by atoms with Gasteiger partial charge in [-0.1, -0.05) is 0 Å². The molecule has 2 N–H and O–H groups in total. The van der Waals surface area contributed by atoms with Crippen molar-refractivity contribution in [3.63, 3.8) is 0 Å². The second kappa shape index (κ2) is 6.30. The van der Waals surface area contributed by atoms with Gasteiger partial charge in [-0.05, 0) is 66.0 Å². The number of halogens is 2. The fraction of sp³-hybridized carbons (Fsp3) is 0.500. The summed E-state index contributed by atoms with van der Waals surface area (Å²) in [6, 6.07) is 3.55. The molecule has 1 aliphatic rings. The topological polar surface area (TPSA) is 58.2 Å².